The first kappa shape index (κ1) is 26.4. The highest BCUT2D eigenvalue weighted by Crippen LogP contribution is 2.54. The predicted molar refractivity (Wildman–Crippen MR) is 141 cm³/mol. The van der Waals surface area contributed by atoms with E-state index in [0.29, 0.717) is 11.1 Å². The van der Waals surface area contributed by atoms with E-state index in [9.17, 15) is 40.9 Å². The average molecular weight is 563 g/mol. The molecule has 41 heavy (non-hydrogen) atoms. The van der Waals surface area contributed by atoms with Gasteiger partial charge in [-0.3, -0.25) is 0 Å². The normalized spacial score (nSPS) is 24.9. The van der Waals surface area contributed by atoms with Crippen LogP contribution in [0.15, 0.2) is 72.8 Å². The Hall–Kier alpha value is -4.84. The molecule has 0 spiro atoms. The molecule has 2 aliphatic heterocycles. The van der Waals surface area contributed by atoms with Gasteiger partial charge >= 0.3 is 0 Å². The highest BCUT2D eigenvalue weighted by atomic mass is 16.6. The van der Waals surface area contributed by atoms with E-state index in [2.05, 4.69) is 0 Å². The van der Waals surface area contributed by atoms with E-state index in [1.54, 1.807) is 0 Å². The van der Waals surface area contributed by atoms with Gasteiger partial charge in [0.2, 0.25) is 0 Å². The van der Waals surface area contributed by atoms with Gasteiger partial charge in [0.15, 0.2) is 12.2 Å². The topological polar surface area (TPSA) is 190 Å². The van der Waals surface area contributed by atoms with Crippen molar-refractivity contribution >= 4 is 0 Å². The maximum Gasteiger partial charge on any atom is 0.152 e. The Kier molecular flexibility index (Phi) is 6.41. The molecule has 6 rings (SSSR count). The number of benzene rings is 4. The monoisotopic (exact) mass is 562 g/mol. The minimum Gasteiger partial charge on any atom is -0.508 e. The third-order valence-electron chi connectivity index (χ3n) is 7.26. The largest absolute Gasteiger partial charge is 0.508 e. The van der Waals surface area contributed by atoms with Crippen LogP contribution in [-0.4, -0.2) is 53.1 Å². The molecule has 4 aromatic carbocycles. The Morgan fingerprint density at radius 3 is 1.22 bits per heavy atom. The molecule has 0 fully saturated rings. The molecular weight excluding hydrogens is 536 g/mol. The Balaban J connectivity index is 1.46. The molecule has 11 heteroatoms. The minimum atomic E-state index is -1.49. The summed E-state index contributed by atoms with van der Waals surface area (Å²) in [5, 5.41) is 84.5. The number of hydrogen-bond donors (Lipinski definition) is 8. The second kappa shape index (κ2) is 9.97. The lowest BCUT2D eigenvalue weighted by Crippen LogP contribution is -2.41. The van der Waals surface area contributed by atoms with Gasteiger partial charge in [-0.1, -0.05) is 24.3 Å². The molecular formula is C30H26O11. The molecule has 6 atom stereocenters. The number of phenols is 6. The molecule has 0 amide bonds. The van der Waals surface area contributed by atoms with Gasteiger partial charge in [0.25, 0.3) is 0 Å². The third kappa shape index (κ3) is 4.65. The van der Waals surface area contributed by atoms with Gasteiger partial charge in [-0.15, -0.1) is 0 Å². The van der Waals surface area contributed by atoms with Crippen molar-refractivity contribution < 1.29 is 55.1 Å². The minimum absolute atomic E-state index is 0.00246. The summed E-state index contributed by atoms with van der Waals surface area (Å²) in [7, 11) is 0. The number of fused-ring (bicyclic) bond motifs is 2. The van der Waals surface area contributed by atoms with E-state index >= 15 is 0 Å². The number of phenolic OH excluding ortho intramolecular Hbond substituents is 6. The van der Waals surface area contributed by atoms with E-state index in [-0.39, 0.29) is 45.6 Å². The van der Waals surface area contributed by atoms with Crippen LogP contribution < -0.4 is 9.47 Å². The van der Waals surface area contributed by atoms with E-state index < -0.39 is 48.1 Å². The standard InChI is InChI=1S/C30H26O11/c31-15-5-1-13(2-6-15)27-25(37)29(23-19(35)9-17(33)11-21(23)39-27)41-30-24-20(36)10-18(34)12-22(24)40-28(26(30)38)14-3-7-16(32)8-4-14/h1-12,25-38H. The van der Waals surface area contributed by atoms with E-state index in [0.717, 1.165) is 12.1 Å². The van der Waals surface area contributed by atoms with Crippen molar-refractivity contribution in [2.24, 2.45) is 0 Å². The Labute approximate surface area is 232 Å². The molecule has 8 N–H and O–H groups in total. The molecule has 0 aromatic heterocycles. The lowest BCUT2D eigenvalue weighted by atomic mass is 9.88. The fourth-order valence-electron chi connectivity index (χ4n) is 5.35. The van der Waals surface area contributed by atoms with Crippen molar-refractivity contribution in [1.82, 2.24) is 0 Å². The van der Waals surface area contributed by atoms with Crippen molar-refractivity contribution in [3.8, 4) is 46.0 Å². The SMILES string of the molecule is Oc1ccc(C2Oc3cc(O)cc(O)c3C(OC3c4c(O)cc(O)cc4OC(c4ccc(O)cc4)C3O)C2O)cc1. The molecule has 11 nitrogen and oxygen atoms in total. The Morgan fingerprint density at radius 2 is 0.854 bits per heavy atom. The van der Waals surface area contributed by atoms with Crippen LogP contribution in [0.5, 0.6) is 46.0 Å². The molecule has 0 bridgehead atoms. The molecule has 6 unspecified atom stereocenters. The van der Waals surface area contributed by atoms with Gasteiger partial charge in [0.1, 0.15) is 70.4 Å². The van der Waals surface area contributed by atoms with Gasteiger partial charge in [-0.05, 0) is 35.4 Å². The van der Waals surface area contributed by atoms with Crippen LogP contribution in [0.4, 0.5) is 0 Å². The molecule has 0 saturated carbocycles. The summed E-state index contributed by atoms with van der Waals surface area (Å²) >= 11 is 0. The second-order valence-corrected chi connectivity index (χ2v) is 9.97. The Bertz CT molecular complexity index is 1470. The van der Waals surface area contributed by atoms with Crippen molar-refractivity contribution in [2.45, 2.75) is 36.6 Å². The van der Waals surface area contributed by atoms with Gasteiger partial charge in [-0.25, -0.2) is 0 Å². The zero-order valence-corrected chi connectivity index (χ0v) is 21.2. The molecule has 0 radical (unpaired) electrons. The van der Waals surface area contributed by atoms with Gasteiger partial charge < -0.3 is 55.1 Å². The molecule has 4 aromatic rings. The van der Waals surface area contributed by atoms with Crippen LogP contribution >= 0.6 is 0 Å². The van der Waals surface area contributed by atoms with Crippen LogP contribution in [0, 0.1) is 0 Å². The summed E-state index contributed by atoms with van der Waals surface area (Å²) in [4.78, 5) is 0. The summed E-state index contributed by atoms with van der Waals surface area (Å²) in [6.45, 7) is 0. The first-order valence-electron chi connectivity index (χ1n) is 12.6. The quantitative estimate of drug-likeness (QED) is 0.181. The first-order chi connectivity index (χ1) is 19.6. The summed E-state index contributed by atoms with van der Waals surface area (Å²) in [5.41, 5.74) is 0.870. The number of hydrogen-bond acceptors (Lipinski definition) is 11. The summed E-state index contributed by atoms with van der Waals surface area (Å²) in [6, 6.07) is 16.3. The number of aromatic hydroxyl groups is 6. The molecule has 2 aliphatic rings. The predicted octanol–water partition coefficient (Wildman–Crippen LogP) is 3.71. The highest BCUT2D eigenvalue weighted by Gasteiger charge is 2.47. The summed E-state index contributed by atoms with van der Waals surface area (Å²) in [6.07, 6.45) is -7.92. The van der Waals surface area contributed by atoms with E-state index in [4.69, 9.17) is 14.2 Å². The zero-order chi connectivity index (χ0) is 29.0. The smallest absolute Gasteiger partial charge is 0.152 e. The maximum absolute atomic E-state index is 11.6. The number of aliphatic hydroxyl groups excluding tert-OH is 2. The van der Waals surface area contributed by atoms with Crippen LogP contribution in [0.2, 0.25) is 0 Å². The third-order valence-corrected chi connectivity index (χ3v) is 7.26. The van der Waals surface area contributed by atoms with Gasteiger partial charge in [-0.2, -0.15) is 0 Å². The van der Waals surface area contributed by atoms with Crippen LogP contribution in [-0.2, 0) is 4.74 Å². The van der Waals surface area contributed by atoms with Crippen LogP contribution in [0.3, 0.4) is 0 Å². The van der Waals surface area contributed by atoms with Gasteiger partial charge in [0, 0.05) is 24.3 Å². The van der Waals surface area contributed by atoms with Crippen LogP contribution in [0.25, 0.3) is 0 Å². The summed E-state index contributed by atoms with van der Waals surface area (Å²) in [5.74, 6) is -1.52. The number of rotatable bonds is 4. The van der Waals surface area contributed by atoms with E-state index in [1.807, 2.05) is 0 Å². The molecule has 2 heterocycles. The van der Waals surface area contributed by atoms with Crippen molar-refractivity contribution in [2.75, 3.05) is 0 Å². The lowest BCUT2D eigenvalue weighted by molar-refractivity contribution is -0.175. The van der Waals surface area contributed by atoms with Gasteiger partial charge in [0.05, 0.1) is 11.1 Å². The average Bonchev–Trinajstić information content (AvgIpc) is 2.92. The summed E-state index contributed by atoms with van der Waals surface area (Å²) < 4.78 is 18.3. The first-order valence-corrected chi connectivity index (χ1v) is 12.6. The van der Waals surface area contributed by atoms with Crippen LogP contribution in [0.1, 0.15) is 46.7 Å². The maximum atomic E-state index is 11.6. The zero-order valence-electron chi connectivity index (χ0n) is 21.2. The van der Waals surface area contributed by atoms with Crippen molar-refractivity contribution in [3.05, 3.63) is 95.1 Å². The fourth-order valence-corrected chi connectivity index (χ4v) is 5.35. The van der Waals surface area contributed by atoms with Crippen molar-refractivity contribution in [1.29, 1.82) is 0 Å². The van der Waals surface area contributed by atoms with E-state index in [1.165, 1.54) is 60.7 Å². The number of aliphatic hydroxyl groups is 2. The lowest BCUT2D eigenvalue weighted by Gasteiger charge is -2.42. The fraction of sp³-hybridized carbons (Fsp3) is 0.200. The Morgan fingerprint density at radius 1 is 0.488 bits per heavy atom. The molecule has 0 aliphatic carbocycles. The molecule has 0 saturated heterocycles. The van der Waals surface area contributed by atoms with Crippen molar-refractivity contribution in [3.63, 3.8) is 0 Å². The highest BCUT2D eigenvalue weighted by molar-refractivity contribution is 5.55. The second-order valence-electron chi connectivity index (χ2n) is 9.97. The number of ether oxygens (including phenoxy) is 3. The molecule has 212 valence electrons.